The summed E-state index contributed by atoms with van der Waals surface area (Å²) in [5.74, 6) is 1.51. The van der Waals surface area contributed by atoms with Crippen molar-refractivity contribution in [2.24, 2.45) is 0 Å². The van der Waals surface area contributed by atoms with E-state index in [0.717, 1.165) is 27.1 Å². The zero-order valence-electron chi connectivity index (χ0n) is 13.2. The highest BCUT2D eigenvalue weighted by Gasteiger charge is 2.45. The van der Waals surface area contributed by atoms with Crippen molar-refractivity contribution in [2.45, 2.75) is 18.6 Å². The molecule has 0 amide bonds. The highest BCUT2D eigenvalue weighted by atomic mass is 79.9. The SMILES string of the molecule is CNC[C@]1(O)COc2ccccc2[C@@H]1Oc1ccc(Br)cc1C. The number of halogens is 1. The van der Waals surface area contributed by atoms with Crippen LogP contribution in [0.5, 0.6) is 11.5 Å². The van der Waals surface area contributed by atoms with E-state index in [2.05, 4.69) is 21.2 Å². The summed E-state index contributed by atoms with van der Waals surface area (Å²) in [7, 11) is 1.81. The van der Waals surface area contributed by atoms with Gasteiger partial charge in [-0.2, -0.15) is 0 Å². The van der Waals surface area contributed by atoms with Gasteiger partial charge < -0.3 is 19.9 Å². The van der Waals surface area contributed by atoms with Crippen LogP contribution in [0.3, 0.4) is 0 Å². The molecule has 0 spiro atoms. The molecule has 0 aliphatic carbocycles. The Labute approximate surface area is 144 Å². The minimum absolute atomic E-state index is 0.186. The molecule has 0 saturated heterocycles. The standard InChI is InChI=1S/C18H20BrNO3/c1-12-9-13(19)7-8-15(12)23-17-14-5-3-4-6-16(14)22-11-18(17,21)10-20-2/h3-9,17,20-21H,10-11H2,1-2H3/t17-,18-/m0/s1. The van der Waals surface area contributed by atoms with Gasteiger partial charge in [0.05, 0.1) is 0 Å². The van der Waals surface area contributed by atoms with E-state index in [1.165, 1.54) is 0 Å². The lowest BCUT2D eigenvalue weighted by atomic mass is 9.88. The number of hydrogen-bond acceptors (Lipinski definition) is 4. The number of benzene rings is 2. The number of para-hydroxylation sites is 1. The summed E-state index contributed by atoms with van der Waals surface area (Å²) in [5, 5.41) is 14.1. The van der Waals surface area contributed by atoms with Crippen molar-refractivity contribution in [1.29, 1.82) is 0 Å². The van der Waals surface area contributed by atoms with Gasteiger partial charge in [-0.3, -0.25) is 0 Å². The van der Waals surface area contributed by atoms with Crippen LogP contribution in [0.1, 0.15) is 17.2 Å². The van der Waals surface area contributed by atoms with Crippen molar-refractivity contribution in [3.05, 3.63) is 58.1 Å². The second kappa shape index (κ2) is 6.51. The second-order valence-corrected chi connectivity index (χ2v) is 6.78. The number of likely N-dealkylation sites (N-methyl/N-ethyl adjacent to an activating group) is 1. The van der Waals surface area contributed by atoms with Crippen LogP contribution in [-0.2, 0) is 0 Å². The summed E-state index contributed by atoms with van der Waals surface area (Å²) in [6.07, 6.45) is -0.500. The van der Waals surface area contributed by atoms with Gasteiger partial charge in [-0.15, -0.1) is 0 Å². The van der Waals surface area contributed by atoms with Crippen LogP contribution in [0, 0.1) is 6.92 Å². The first kappa shape index (κ1) is 16.3. The summed E-state index contributed by atoms with van der Waals surface area (Å²) >= 11 is 3.46. The van der Waals surface area contributed by atoms with E-state index < -0.39 is 11.7 Å². The first-order valence-electron chi connectivity index (χ1n) is 7.55. The van der Waals surface area contributed by atoms with Crippen molar-refractivity contribution >= 4 is 15.9 Å². The smallest absolute Gasteiger partial charge is 0.160 e. The second-order valence-electron chi connectivity index (χ2n) is 5.87. The highest BCUT2D eigenvalue weighted by molar-refractivity contribution is 9.10. The summed E-state index contributed by atoms with van der Waals surface area (Å²) < 4.78 is 13.0. The van der Waals surface area contributed by atoms with Gasteiger partial charge in [0.2, 0.25) is 0 Å². The third kappa shape index (κ3) is 3.22. The van der Waals surface area contributed by atoms with E-state index in [-0.39, 0.29) is 6.61 Å². The summed E-state index contributed by atoms with van der Waals surface area (Å²) in [6, 6.07) is 13.5. The lowest BCUT2D eigenvalue weighted by Crippen LogP contribution is -2.53. The maximum absolute atomic E-state index is 11.1. The van der Waals surface area contributed by atoms with E-state index in [9.17, 15) is 5.11 Å². The zero-order valence-corrected chi connectivity index (χ0v) is 14.8. The average Bonchev–Trinajstić information content (AvgIpc) is 2.52. The van der Waals surface area contributed by atoms with Gasteiger partial charge in [0.1, 0.15) is 18.1 Å². The molecule has 23 heavy (non-hydrogen) atoms. The number of ether oxygens (including phenoxy) is 2. The third-order valence-corrected chi connectivity index (χ3v) is 4.53. The Kier molecular flexibility index (Phi) is 4.62. The maximum atomic E-state index is 11.1. The predicted octanol–water partition coefficient (Wildman–Crippen LogP) is 3.22. The summed E-state index contributed by atoms with van der Waals surface area (Å²) in [5.41, 5.74) is 0.733. The molecule has 1 aliphatic rings. The van der Waals surface area contributed by atoms with Crippen LogP contribution in [-0.4, -0.2) is 30.9 Å². The first-order valence-corrected chi connectivity index (χ1v) is 8.34. The van der Waals surface area contributed by atoms with Crippen LogP contribution >= 0.6 is 15.9 Å². The topological polar surface area (TPSA) is 50.7 Å². The number of nitrogens with one attached hydrogen (secondary N) is 1. The lowest BCUT2D eigenvalue weighted by Gasteiger charge is -2.40. The fraction of sp³-hybridized carbons (Fsp3) is 0.333. The van der Waals surface area contributed by atoms with Gasteiger partial charge in [-0.25, -0.2) is 0 Å². The zero-order chi connectivity index (χ0) is 16.4. The third-order valence-electron chi connectivity index (χ3n) is 4.03. The van der Waals surface area contributed by atoms with Crippen LogP contribution in [0.25, 0.3) is 0 Å². The maximum Gasteiger partial charge on any atom is 0.160 e. The normalized spacial score (nSPS) is 23.0. The molecule has 0 bridgehead atoms. The molecule has 2 aromatic carbocycles. The Balaban J connectivity index is 2.00. The van der Waals surface area contributed by atoms with Crippen molar-refractivity contribution in [2.75, 3.05) is 20.2 Å². The van der Waals surface area contributed by atoms with Crippen LogP contribution < -0.4 is 14.8 Å². The molecule has 0 saturated carbocycles. The average molecular weight is 378 g/mol. The number of fused-ring (bicyclic) bond motifs is 1. The van der Waals surface area contributed by atoms with E-state index in [0.29, 0.717) is 6.54 Å². The van der Waals surface area contributed by atoms with Gasteiger partial charge in [0.25, 0.3) is 0 Å². The van der Waals surface area contributed by atoms with Gasteiger partial charge in [-0.1, -0.05) is 34.1 Å². The van der Waals surface area contributed by atoms with Crippen molar-refractivity contribution in [1.82, 2.24) is 5.32 Å². The van der Waals surface area contributed by atoms with E-state index in [1.54, 1.807) is 7.05 Å². The van der Waals surface area contributed by atoms with Crippen LogP contribution in [0.2, 0.25) is 0 Å². The number of hydrogen-bond donors (Lipinski definition) is 2. The molecular weight excluding hydrogens is 358 g/mol. The minimum Gasteiger partial charge on any atom is -0.490 e. The Hall–Kier alpha value is -1.56. The van der Waals surface area contributed by atoms with Crippen LogP contribution in [0.4, 0.5) is 0 Å². The molecule has 0 unspecified atom stereocenters. The first-order chi connectivity index (χ1) is 11.0. The van der Waals surface area contributed by atoms with Crippen molar-refractivity contribution in [3.8, 4) is 11.5 Å². The van der Waals surface area contributed by atoms with Gasteiger partial charge >= 0.3 is 0 Å². The fourth-order valence-corrected chi connectivity index (χ4v) is 3.37. The highest BCUT2D eigenvalue weighted by Crippen LogP contribution is 2.41. The molecule has 5 heteroatoms. The minimum atomic E-state index is -1.14. The quantitative estimate of drug-likeness (QED) is 0.858. The molecule has 0 radical (unpaired) electrons. The monoisotopic (exact) mass is 377 g/mol. The van der Waals surface area contributed by atoms with Gasteiger partial charge in [0.15, 0.2) is 11.7 Å². The van der Waals surface area contributed by atoms with Crippen LogP contribution in [0.15, 0.2) is 46.9 Å². The molecular formula is C18H20BrNO3. The largest absolute Gasteiger partial charge is 0.490 e. The summed E-state index contributed by atoms with van der Waals surface area (Å²) in [4.78, 5) is 0. The van der Waals surface area contributed by atoms with Crippen molar-refractivity contribution in [3.63, 3.8) is 0 Å². The lowest BCUT2D eigenvalue weighted by molar-refractivity contribution is -0.101. The Morgan fingerprint density at radius 3 is 2.87 bits per heavy atom. The predicted molar refractivity (Wildman–Crippen MR) is 93.1 cm³/mol. The summed E-state index contributed by atoms with van der Waals surface area (Å²) in [6.45, 7) is 2.55. The van der Waals surface area contributed by atoms with Gasteiger partial charge in [-0.05, 0) is 43.8 Å². The number of aryl methyl sites for hydroxylation is 1. The Bertz CT molecular complexity index is 706. The molecule has 4 nitrogen and oxygen atoms in total. The molecule has 2 aromatic rings. The van der Waals surface area contributed by atoms with E-state index >= 15 is 0 Å². The molecule has 2 atom stereocenters. The molecule has 0 fully saturated rings. The van der Waals surface area contributed by atoms with E-state index in [4.69, 9.17) is 9.47 Å². The fourth-order valence-electron chi connectivity index (χ4n) is 2.89. The molecule has 2 N–H and O–H groups in total. The van der Waals surface area contributed by atoms with Crippen molar-refractivity contribution < 1.29 is 14.6 Å². The molecule has 0 aromatic heterocycles. The Morgan fingerprint density at radius 2 is 2.13 bits per heavy atom. The molecule has 122 valence electrons. The molecule has 3 rings (SSSR count). The Morgan fingerprint density at radius 1 is 1.35 bits per heavy atom. The van der Waals surface area contributed by atoms with E-state index in [1.807, 2.05) is 49.4 Å². The number of rotatable bonds is 4. The molecule has 1 aliphatic heterocycles. The molecule has 1 heterocycles. The van der Waals surface area contributed by atoms with Gasteiger partial charge in [0, 0.05) is 16.6 Å². The number of aliphatic hydroxyl groups is 1.